The second-order valence-corrected chi connectivity index (χ2v) is 7.79. The quantitative estimate of drug-likeness (QED) is 0.604. The maximum absolute atomic E-state index is 6.21. The summed E-state index contributed by atoms with van der Waals surface area (Å²) >= 11 is 8.03. The monoisotopic (exact) mass is 392 g/mol. The van der Waals surface area contributed by atoms with Crippen LogP contribution in [0.2, 0.25) is 5.02 Å². The fraction of sp³-hybridized carbons (Fsp3) is 0.429. The molecule has 5 heteroatoms. The Balaban J connectivity index is 0.000000431. The highest BCUT2D eigenvalue weighted by Crippen LogP contribution is 2.48. The van der Waals surface area contributed by atoms with Gasteiger partial charge >= 0.3 is 0 Å². The zero-order chi connectivity index (χ0) is 18.9. The first-order chi connectivity index (χ1) is 12.6. The lowest BCUT2D eigenvalue weighted by Gasteiger charge is -2.33. The van der Waals surface area contributed by atoms with Crippen molar-refractivity contribution in [2.45, 2.75) is 30.1 Å². The number of rotatable bonds is 6. The number of benzene rings is 2. The zero-order valence-corrected chi connectivity index (χ0v) is 17.7. The van der Waals surface area contributed by atoms with Crippen LogP contribution in [0.1, 0.15) is 20.3 Å². The molecule has 0 saturated carbocycles. The van der Waals surface area contributed by atoms with Crippen molar-refractivity contribution >= 4 is 34.7 Å². The maximum Gasteiger partial charge on any atom is 0.0567 e. The Labute approximate surface area is 167 Å². The van der Waals surface area contributed by atoms with E-state index >= 15 is 0 Å². The Hall–Kier alpha value is -1.20. The number of nitrogens with zero attached hydrogens (tertiary/aromatic N) is 2. The van der Waals surface area contributed by atoms with Crippen molar-refractivity contribution in [2.75, 3.05) is 45.3 Å². The molecule has 0 unspecified atom stereocenters. The third kappa shape index (κ3) is 5.92. The van der Waals surface area contributed by atoms with Crippen molar-refractivity contribution in [1.82, 2.24) is 4.90 Å². The Bertz CT molecular complexity index is 691. The molecular formula is C21H29ClN2OS. The smallest absolute Gasteiger partial charge is 0.0567 e. The van der Waals surface area contributed by atoms with Crippen molar-refractivity contribution < 1.29 is 4.74 Å². The van der Waals surface area contributed by atoms with Gasteiger partial charge in [0.25, 0.3) is 0 Å². The molecule has 0 aliphatic carbocycles. The normalized spacial score (nSPS) is 12.3. The van der Waals surface area contributed by atoms with Gasteiger partial charge in [0.05, 0.1) is 11.4 Å². The largest absolute Gasteiger partial charge is 0.382 e. The van der Waals surface area contributed by atoms with Gasteiger partial charge in [0.15, 0.2) is 0 Å². The Morgan fingerprint density at radius 3 is 2.35 bits per heavy atom. The Morgan fingerprint density at radius 2 is 1.69 bits per heavy atom. The summed E-state index contributed by atoms with van der Waals surface area (Å²) in [5.41, 5.74) is 2.51. The Kier molecular flexibility index (Phi) is 8.79. The molecule has 1 heterocycles. The van der Waals surface area contributed by atoms with Crippen molar-refractivity contribution in [3.05, 3.63) is 47.5 Å². The average Bonchev–Trinajstić information content (AvgIpc) is 2.62. The molecule has 0 radical (unpaired) electrons. The van der Waals surface area contributed by atoms with E-state index in [-0.39, 0.29) is 0 Å². The molecule has 142 valence electrons. The van der Waals surface area contributed by atoms with Gasteiger partial charge < -0.3 is 14.5 Å². The molecule has 1 aliphatic heterocycles. The predicted molar refractivity (Wildman–Crippen MR) is 114 cm³/mol. The average molecular weight is 393 g/mol. The fourth-order valence-electron chi connectivity index (χ4n) is 2.79. The van der Waals surface area contributed by atoms with Crippen LogP contribution < -0.4 is 4.90 Å². The number of ether oxygens (including phenoxy) is 1. The van der Waals surface area contributed by atoms with Gasteiger partial charge in [-0.1, -0.05) is 35.5 Å². The number of halogens is 1. The van der Waals surface area contributed by atoms with Gasteiger partial charge in [-0.25, -0.2) is 0 Å². The van der Waals surface area contributed by atoms with Gasteiger partial charge in [-0.15, -0.1) is 0 Å². The van der Waals surface area contributed by atoms with Crippen LogP contribution in [-0.2, 0) is 4.74 Å². The molecule has 0 fully saturated rings. The van der Waals surface area contributed by atoms with Crippen molar-refractivity contribution in [2.24, 2.45) is 0 Å². The highest BCUT2D eigenvalue weighted by atomic mass is 35.5. The van der Waals surface area contributed by atoms with Crippen LogP contribution in [0.5, 0.6) is 0 Å². The maximum atomic E-state index is 6.21. The third-order valence-electron chi connectivity index (χ3n) is 3.98. The predicted octanol–water partition coefficient (Wildman–Crippen LogP) is 5.94. The summed E-state index contributed by atoms with van der Waals surface area (Å²) in [6, 6.07) is 14.8. The third-order valence-corrected chi connectivity index (χ3v) is 5.35. The molecule has 0 spiro atoms. The number of anilines is 2. The molecule has 3 nitrogen and oxygen atoms in total. The van der Waals surface area contributed by atoms with Crippen molar-refractivity contribution in [1.29, 1.82) is 0 Å². The molecule has 1 aliphatic rings. The number of fused-ring (bicyclic) bond motifs is 2. The van der Waals surface area contributed by atoms with Crippen LogP contribution in [0.25, 0.3) is 0 Å². The van der Waals surface area contributed by atoms with E-state index in [1.807, 2.05) is 31.7 Å². The van der Waals surface area contributed by atoms with Crippen LogP contribution in [0.15, 0.2) is 52.3 Å². The van der Waals surface area contributed by atoms with Crippen LogP contribution in [0.3, 0.4) is 0 Å². The first kappa shape index (κ1) is 21.1. The fourth-order valence-corrected chi connectivity index (χ4v) is 4.03. The van der Waals surface area contributed by atoms with Crippen LogP contribution in [0, 0.1) is 0 Å². The van der Waals surface area contributed by atoms with Gasteiger partial charge in [-0.3, -0.25) is 0 Å². The molecule has 0 atom stereocenters. The number of para-hydroxylation sites is 1. The lowest BCUT2D eigenvalue weighted by molar-refractivity contribution is 0.162. The molecule has 2 aromatic rings. The van der Waals surface area contributed by atoms with E-state index in [0.717, 1.165) is 37.7 Å². The standard InChI is InChI=1S/C17H19ClN2S.C4H10O/c1-19(2)10-5-11-20-14-6-3-4-7-16(14)21-17-9-8-13(18)12-15(17)20;1-3-5-4-2/h3-4,6-9,12H,5,10-11H2,1-2H3;3-4H2,1-2H3. The first-order valence-electron chi connectivity index (χ1n) is 9.13. The van der Waals surface area contributed by atoms with E-state index in [1.165, 1.54) is 21.2 Å². The molecule has 26 heavy (non-hydrogen) atoms. The minimum Gasteiger partial charge on any atom is -0.382 e. The highest BCUT2D eigenvalue weighted by molar-refractivity contribution is 7.99. The topological polar surface area (TPSA) is 15.7 Å². The summed E-state index contributed by atoms with van der Waals surface area (Å²) < 4.78 is 4.83. The summed E-state index contributed by atoms with van der Waals surface area (Å²) in [7, 11) is 4.23. The van der Waals surface area contributed by atoms with E-state index in [0.29, 0.717) is 0 Å². The van der Waals surface area contributed by atoms with Crippen LogP contribution >= 0.6 is 23.4 Å². The van der Waals surface area contributed by atoms with E-state index in [9.17, 15) is 0 Å². The van der Waals surface area contributed by atoms with Crippen LogP contribution in [0.4, 0.5) is 11.4 Å². The second kappa shape index (κ2) is 10.8. The lowest BCUT2D eigenvalue weighted by atomic mass is 10.2. The highest BCUT2D eigenvalue weighted by Gasteiger charge is 2.22. The van der Waals surface area contributed by atoms with Gasteiger partial charge in [-0.05, 0) is 71.2 Å². The molecule has 0 N–H and O–H groups in total. The van der Waals surface area contributed by atoms with Gasteiger partial charge in [-0.2, -0.15) is 0 Å². The van der Waals surface area contributed by atoms with Gasteiger partial charge in [0.2, 0.25) is 0 Å². The molecule has 2 aromatic carbocycles. The zero-order valence-electron chi connectivity index (χ0n) is 16.2. The SMILES string of the molecule is CCOCC.CN(C)CCCN1c2ccccc2Sc2ccc(Cl)cc21. The Morgan fingerprint density at radius 1 is 1.00 bits per heavy atom. The van der Waals surface area contributed by atoms with E-state index in [4.69, 9.17) is 16.3 Å². The minimum atomic E-state index is 0.798. The minimum absolute atomic E-state index is 0.798. The number of hydrogen-bond donors (Lipinski definition) is 0. The lowest BCUT2D eigenvalue weighted by Crippen LogP contribution is -2.25. The summed E-state index contributed by atoms with van der Waals surface area (Å²) in [6.45, 7) is 7.75. The molecule has 0 aromatic heterocycles. The van der Waals surface area contributed by atoms with Crippen molar-refractivity contribution in [3.63, 3.8) is 0 Å². The van der Waals surface area contributed by atoms with Gasteiger partial charge in [0.1, 0.15) is 0 Å². The molecular weight excluding hydrogens is 364 g/mol. The summed E-state index contributed by atoms with van der Waals surface area (Å²) in [5.74, 6) is 0. The van der Waals surface area contributed by atoms with E-state index in [1.54, 1.807) is 0 Å². The summed E-state index contributed by atoms with van der Waals surface area (Å²) in [4.78, 5) is 7.22. The second-order valence-electron chi connectivity index (χ2n) is 6.27. The summed E-state index contributed by atoms with van der Waals surface area (Å²) in [5, 5.41) is 0.798. The molecule has 0 saturated heterocycles. The van der Waals surface area contributed by atoms with Crippen molar-refractivity contribution in [3.8, 4) is 0 Å². The molecule has 0 amide bonds. The van der Waals surface area contributed by atoms with E-state index in [2.05, 4.69) is 60.3 Å². The molecule has 0 bridgehead atoms. The van der Waals surface area contributed by atoms with Crippen LogP contribution in [-0.4, -0.2) is 45.3 Å². The van der Waals surface area contributed by atoms with Gasteiger partial charge in [0, 0.05) is 34.6 Å². The summed E-state index contributed by atoms with van der Waals surface area (Å²) in [6.07, 6.45) is 1.12. The first-order valence-corrected chi connectivity index (χ1v) is 10.3. The number of hydrogen-bond acceptors (Lipinski definition) is 4. The van der Waals surface area contributed by atoms with E-state index < -0.39 is 0 Å². The molecule has 3 rings (SSSR count).